The number of hydrogen-bond donors (Lipinski definition) is 1. The standard InChI is InChI=1S/C15H20FN3/c1-10-7-14-13(8-12(10)16)18-15(17)19(14)9-11-5-3-2-4-6-11/h7-8,11H,2-6,9H2,1H3,(H2,17,18). The number of nitrogens with zero attached hydrogens (tertiary/aromatic N) is 2. The minimum absolute atomic E-state index is 0.213. The number of benzene rings is 1. The predicted molar refractivity (Wildman–Crippen MR) is 75.4 cm³/mol. The lowest BCUT2D eigenvalue weighted by Gasteiger charge is -2.22. The molecule has 0 saturated heterocycles. The van der Waals surface area contributed by atoms with Crippen LogP contribution < -0.4 is 5.73 Å². The number of anilines is 1. The number of fused-ring (bicyclic) bond motifs is 1. The van der Waals surface area contributed by atoms with Crippen molar-refractivity contribution >= 4 is 17.0 Å². The van der Waals surface area contributed by atoms with E-state index in [2.05, 4.69) is 9.55 Å². The van der Waals surface area contributed by atoms with Gasteiger partial charge < -0.3 is 10.3 Å². The van der Waals surface area contributed by atoms with Crippen LogP contribution in [-0.2, 0) is 6.54 Å². The Labute approximate surface area is 112 Å². The minimum atomic E-state index is -0.213. The lowest BCUT2D eigenvalue weighted by molar-refractivity contribution is 0.323. The number of halogens is 1. The quantitative estimate of drug-likeness (QED) is 0.896. The molecule has 1 aliphatic carbocycles. The van der Waals surface area contributed by atoms with Crippen molar-refractivity contribution in [1.29, 1.82) is 0 Å². The van der Waals surface area contributed by atoms with E-state index in [0.29, 0.717) is 22.9 Å². The van der Waals surface area contributed by atoms with Gasteiger partial charge in [-0.1, -0.05) is 19.3 Å². The average Bonchev–Trinajstić information content (AvgIpc) is 2.68. The van der Waals surface area contributed by atoms with Gasteiger partial charge in [0.25, 0.3) is 0 Å². The van der Waals surface area contributed by atoms with Crippen LogP contribution in [0.2, 0.25) is 0 Å². The SMILES string of the molecule is Cc1cc2c(cc1F)nc(N)n2CC1CCCCC1. The first-order valence-corrected chi connectivity index (χ1v) is 7.07. The molecular formula is C15H20FN3. The highest BCUT2D eigenvalue weighted by molar-refractivity contribution is 5.79. The molecule has 0 radical (unpaired) electrons. The summed E-state index contributed by atoms with van der Waals surface area (Å²) in [5.41, 5.74) is 8.27. The minimum Gasteiger partial charge on any atom is -0.369 e. The van der Waals surface area contributed by atoms with E-state index in [0.717, 1.165) is 12.1 Å². The molecule has 1 aliphatic rings. The van der Waals surface area contributed by atoms with Crippen molar-refractivity contribution in [1.82, 2.24) is 9.55 Å². The predicted octanol–water partition coefficient (Wildman–Crippen LogP) is 3.65. The first kappa shape index (κ1) is 12.5. The van der Waals surface area contributed by atoms with Crippen molar-refractivity contribution in [2.75, 3.05) is 5.73 Å². The van der Waals surface area contributed by atoms with E-state index in [9.17, 15) is 4.39 Å². The van der Waals surface area contributed by atoms with Gasteiger partial charge in [0, 0.05) is 12.6 Å². The third-order valence-electron chi connectivity index (χ3n) is 4.22. The Hall–Kier alpha value is -1.58. The molecule has 1 heterocycles. The van der Waals surface area contributed by atoms with Crippen LogP contribution in [0.4, 0.5) is 10.3 Å². The van der Waals surface area contributed by atoms with E-state index >= 15 is 0 Å². The van der Waals surface area contributed by atoms with E-state index in [1.807, 2.05) is 6.07 Å². The van der Waals surface area contributed by atoms with Gasteiger partial charge in [-0.2, -0.15) is 0 Å². The summed E-state index contributed by atoms with van der Waals surface area (Å²) in [6.45, 7) is 2.69. The maximum atomic E-state index is 13.6. The van der Waals surface area contributed by atoms with E-state index in [1.165, 1.54) is 38.2 Å². The molecule has 19 heavy (non-hydrogen) atoms. The van der Waals surface area contributed by atoms with Crippen LogP contribution in [-0.4, -0.2) is 9.55 Å². The highest BCUT2D eigenvalue weighted by Crippen LogP contribution is 2.28. The number of hydrogen-bond acceptors (Lipinski definition) is 2. The van der Waals surface area contributed by atoms with Crippen molar-refractivity contribution < 1.29 is 4.39 Å². The van der Waals surface area contributed by atoms with E-state index in [4.69, 9.17) is 5.73 Å². The van der Waals surface area contributed by atoms with Gasteiger partial charge >= 0.3 is 0 Å². The van der Waals surface area contributed by atoms with Gasteiger partial charge in [0.15, 0.2) is 0 Å². The molecule has 0 atom stereocenters. The molecule has 1 aromatic heterocycles. The number of nitrogen functional groups attached to an aromatic ring is 1. The van der Waals surface area contributed by atoms with Crippen LogP contribution in [0.25, 0.3) is 11.0 Å². The maximum Gasteiger partial charge on any atom is 0.201 e. The maximum absolute atomic E-state index is 13.6. The summed E-state index contributed by atoms with van der Waals surface area (Å²) in [5, 5.41) is 0. The molecule has 1 aromatic carbocycles. The summed E-state index contributed by atoms with van der Waals surface area (Å²) in [7, 11) is 0. The average molecular weight is 261 g/mol. The van der Waals surface area contributed by atoms with Crippen LogP contribution >= 0.6 is 0 Å². The Balaban J connectivity index is 1.97. The van der Waals surface area contributed by atoms with Gasteiger partial charge in [-0.15, -0.1) is 0 Å². The third-order valence-corrected chi connectivity index (χ3v) is 4.22. The molecule has 3 nitrogen and oxygen atoms in total. The number of imidazole rings is 1. The number of nitrogens with two attached hydrogens (primary N) is 1. The summed E-state index contributed by atoms with van der Waals surface area (Å²) < 4.78 is 15.6. The fraction of sp³-hybridized carbons (Fsp3) is 0.533. The molecule has 102 valence electrons. The van der Waals surface area contributed by atoms with Gasteiger partial charge in [-0.25, -0.2) is 9.37 Å². The summed E-state index contributed by atoms with van der Waals surface area (Å²) in [5.74, 6) is 0.971. The van der Waals surface area contributed by atoms with Gasteiger partial charge in [0.1, 0.15) is 5.82 Å². The number of rotatable bonds is 2. The Kier molecular flexibility index (Phi) is 3.17. The topological polar surface area (TPSA) is 43.8 Å². The Morgan fingerprint density at radius 3 is 2.79 bits per heavy atom. The first-order valence-electron chi connectivity index (χ1n) is 7.07. The molecular weight excluding hydrogens is 241 g/mol. The van der Waals surface area contributed by atoms with Crippen molar-refractivity contribution in [2.24, 2.45) is 5.92 Å². The van der Waals surface area contributed by atoms with Gasteiger partial charge in [0.2, 0.25) is 5.95 Å². The second kappa shape index (κ2) is 4.83. The normalized spacial score (nSPS) is 17.2. The van der Waals surface area contributed by atoms with Crippen molar-refractivity contribution in [3.05, 3.63) is 23.5 Å². The van der Waals surface area contributed by atoms with Crippen LogP contribution in [0.5, 0.6) is 0 Å². The zero-order valence-corrected chi connectivity index (χ0v) is 11.3. The molecule has 1 saturated carbocycles. The van der Waals surface area contributed by atoms with Crippen molar-refractivity contribution in [3.8, 4) is 0 Å². The highest BCUT2D eigenvalue weighted by atomic mass is 19.1. The molecule has 0 amide bonds. The van der Waals surface area contributed by atoms with E-state index in [-0.39, 0.29) is 5.82 Å². The fourth-order valence-corrected chi connectivity index (χ4v) is 3.09. The summed E-state index contributed by atoms with van der Waals surface area (Å²) in [6.07, 6.45) is 6.50. The second-order valence-corrected chi connectivity index (χ2v) is 5.67. The molecule has 2 N–H and O–H groups in total. The van der Waals surface area contributed by atoms with Crippen molar-refractivity contribution in [3.63, 3.8) is 0 Å². The second-order valence-electron chi connectivity index (χ2n) is 5.67. The van der Waals surface area contributed by atoms with Crippen LogP contribution in [0.3, 0.4) is 0 Å². The van der Waals surface area contributed by atoms with E-state index < -0.39 is 0 Å². The smallest absolute Gasteiger partial charge is 0.201 e. The summed E-state index contributed by atoms with van der Waals surface area (Å²) in [6, 6.07) is 3.34. The van der Waals surface area contributed by atoms with Gasteiger partial charge in [0.05, 0.1) is 11.0 Å². The largest absolute Gasteiger partial charge is 0.369 e. The lowest BCUT2D eigenvalue weighted by atomic mass is 9.89. The van der Waals surface area contributed by atoms with Crippen LogP contribution in [0.1, 0.15) is 37.7 Å². The molecule has 1 fully saturated rings. The lowest BCUT2D eigenvalue weighted by Crippen LogP contribution is -2.15. The highest BCUT2D eigenvalue weighted by Gasteiger charge is 2.17. The Bertz CT molecular complexity index is 597. The molecule has 0 aliphatic heterocycles. The molecule has 4 heteroatoms. The summed E-state index contributed by atoms with van der Waals surface area (Å²) in [4.78, 5) is 4.28. The summed E-state index contributed by atoms with van der Waals surface area (Å²) >= 11 is 0. The Morgan fingerprint density at radius 1 is 1.32 bits per heavy atom. The zero-order valence-electron chi connectivity index (χ0n) is 11.3. The van der Waals surface area contributed by atoms with Crippen LogP contribution in [0.15, 0.2) is 12.1 Å². The third kappa shape index (κ3) is 2.31. The number of aromatic nitrogens is 2. The molecule has 0 spiro atoms. The van der Waals surface area contributed by atoms with Gasteiger partial charge in [-0.3, -0.25) is 0 Å². The zero-order chi connectivity index (χ0) is 13.4. The van der Waals surface area contributed by atoms with Gasteiger partial charge in [-0.05, 0) is 37.3 Å². The number of aryl methyl sites for hydroxylation is 1. The van der Waals surface area contributed by atoms with Crippen molar-refractivity contribution in [2.45, 2.75) is 45.6 Å². The molecule has 0 unspecified atom stereocenters. The molecule has 2 aromatic rings. The molecule has 0 bridgehead atoms. The van der Waals surface area contributed by atoms with E-state index in [1.54, 1.807) is 6.92 Å². The molecule has 3 rings (SSSR count). The first-order chi connectivity index (χ1) is 9.15. The van der Waals surface area contributed by atoms with Crippen LogP contribution in [0, 0.1) is 18.7 Å². The monoisotopic (exact) mass is 261 g/mol. The fourth-order valence-electron chi connectivity index (χ4n) is 3.09. The Morgan fingerprint density at radius 2 is 2.05 bits per heavy atom.